The van der Waals surface area contributed by atoms with Gasteiger partial charge in [0.15, 0.2) is 0 Å². The molecule has 1 heterocycles. The van der Waals surface area contributed by atoms with Crippen molar-refractivity contribution >= 4 is 29.3 Å². The second-order valence-electron chi connectivity index (χ2n) is 3.15. The molecule has 0 bridgehead atoms. The molecule has 0 saturated carbocycles. The largest absolute Gasteiger partial charge is 0.545 e. The van der Waals surface area contributed by atoms with Crippen LogP contribution in [-0.4, -0.2) is 17.6 Å². The molecular formula is C10H8NO3S-. The Labute approximate surface area is 90.7 Å². The first kappa shape index (κ1) is 10.0. The van der Waals surface area contributed by atoms with Crippen molar-refractivity contribution < 1.29 is 14.7 Å². The molecule has 1 N–H and O–H groups in total. The van der Waals surface area contributed by atoms with E-state index in [0.29, 0.717) is 17.9 Å². The Morgan fingerprint density at radius 2 is 2.27 bits per heavy atom. The lowest BCUT2D eigenvalue weighted by molar-refractivity contribution is -0.255. The maximum Gasteiger partial charge on any atom is 0.225 e. The summed E-state index contributed by atoms with van der Waals surface area (Å²) in [5.41, 5.74) is 0.640. The molecule has 1 aromatic carbocycles. The quantitative estimate of drug-likeness (QED) is 0.750. The summed E-state index contributed by atoms with van der Waals surface area (Å²) >= 11 is 1.54. The van der Waals surface area contributed by atoms with Crippen LogP contribution in [0.1, 0.15) is 16.8 Å². The molecule has 1 aromatic rings. The van der Waals surface area contributed by atoms with Crippen LogP contribution in [0.25, 0.3) is 0 Å². The third-order valence-corrected chi connectivity index (χ3v) is 3.15. The number of aromatic carboxylic acids is 1. The number of thioether (sulfide) groups is 1. The average molecular weight is 222 g/mol. The van der Waals surface area contributed by atoms with Crippen molar-refractivity contribution in [2.45, 2.75) is 11.3 Å². The van der Waals surface area contributed by atoms with Gasteiger partial charge in [0.25, 0.3) is 0 Å². The summed E-state index contributed by atoms with van der Waals surface area (Å²) in [5, 5.41) is 13.3. The number of anilines is 1. The number of hydrogen-bond acceptors (Lipinski definition) is 4. The molecule has 0 aliphatic carbocycles. The molecule has 1 aliphatic heterocycles. The van der Waals surface area contributed by atoms with E-state index in [4.69, 9.17) is 0 Å². The Morgan fingerprint density at radius 3 is 3.00 bits per heavy atom. The van der Waals surface area contributed by atoms with E-state index in [2.05, 4.69) is 5.32 Å². The highest BCUT2D eigenvalue weighted by molar-refractivity contribution is 7.99. The van der Waals surface area contributed by atoms with Crippen LogP contribution in [0.3, 0.4) is 0 Å². The number of carbonyl (C=O) groups is 2. The number of rotatable bonds is 1. The molecule has 0 fully saturated rings. The summed E-state index contributed by atoms with van der Waals surface area (Å²) in [5.74, 6) is -0.609. The van der Waals surface area contributed by atoms with Crippen molar-refractivity contribution in [2.24, 2.45) is 0 Å². The predicted octanol–water partition coefficient (Wildman–Crippen LogP) is 0.484. The van der Waals surface area contributed by atoms with Gasteiger partial charge in [-0.3, -0.25) is 4.79 Å². The van der Waals surface area contributed by atoms with Gasteiger partial charge in [0.05, 0.1) is 11.7 Å². The normalized spacial score (nSPS) is 15.1. The van der Waals surface area contributed by atoms with Gasteiger partial charge in [-0.25, -0.2) is 0 Å². The molecule has 0 unspecified atom stereocenters. The highest BCUT2D eigenvalue weighted by Gasteiger charge is 2.13. The smallest absolute Gasteiger partial charge is 0.225 e. The second kappa shape index (κ2) is 3.94. The van der Waals surface area contributed by atoms with Gasteiger partial charge >= 0.3 is 0 Å². The number of amides is 1. The molecule has 2 rings (SSSR count). The van der Waals surface area contributed by atoms with Crippen LogP contribution < -0.4 is 10.4 Å². The molecule has 78 valence electrons. The minimum atomic E-state index is -1.23. The first-order valence-corrected chi connectivity index (χ1v) is 5.43. The van der Waals surface area contributed by atoms with Crippen LogP contribution in [0.15, 0.2) is 23.1 Å². The SMILES string of the molecule is O=C1CCSc2ccc(C(=O)[O-])cc2N1. The zero-order chi connectivity index (χ0) is 10.8. The number of carboxylic acid groups (broad SMARTS) is 1. The van der Waals surface area contributed by atoms with E-state index >= 15 is 0 Å². The fraction of sp³-hybridized carbons (Fsp3) is 0.200. The van der Waals surface area contributed by atoms with E-state index < -0.39 is 5.97 Å². The number of nitrogens with one attached hydrogen (secondary N) is 1. The van der Waals surface area contributed by atoms with E-state index in [-0.39, 0.29) is 11.5 Å². The maximum atomic E-state index is 11.2. The average Bonchev–Trinajstić information content (AvgIpc) is 2.37. The van der Waals surface area contributed by atoms with E-state index in [0.717, 1.165) is 4.90 Å². The Balaban J connectivity index is 2.41. The molecule has 5 heteroatoms. The van der Waals surface area contributed by atoms with Crippen LogP contribution in [0.2, 0.25) is 0 Å². The number of carbonyl (C=O) groups excluding carboxylic acids is 2. The van der Waals surface area contributed by atoms with Crippen LogP contribution >= 0.6 is 11.8 Å². The lowest BCUT2D eigenvalue weighted by Gasteiger charge is -2.09. The Bertz CT molecular complexity index is 431. The van der Waals surface area contributed by atoms with E-state index in [1.54, 1.807) is 6.07 Å². The number of fused-ring (bicyclic) bond motifs is 1. The summed E-state index contributed by atoms with van der Waals surface area (Å²) in [4.78, 5) is 22.8. The van der Waals surface area contributed by atoms with Crippen molar-refractivity contribution in [3.63, 3.8) is 0 Å². The van der Waals surface area contributed by atoms with Crippen molar-refractivity contribution in [3.8, 4) is 0 Å². The minimum absolute atomic E-state index is 0.0801. The van der Waals surface area contributed by atoms with E-state index in [9.17, 15) is 14.7 Å². The van der Waals surface area contributed by atoms with Gasteiger partial charge in [0, 0.05) is 17.1 Å². The molecule has 15 heavy (non-hydrogen) atoms. The zero-order valence-corrected chi connectivity index (χ0v) is 8.60. The molecular weight excluding hydrogens is 214 g/mol. The van der Waals surface area contributed by atoms with Gasteiger partial charge in [0.2, 0.25) is 5.91 Å². The monoisotopic (exact) mass is 222 g/mol. The fourth-order valence-electron chi connectivity index (χ4n) is 1.35. The Kier molecular flexibility index (Phi) is 2.64. The maximum absolute atomic E-state index is 11.2. The van der Waals surface area contributed by atoms with E-state index in [1.165, 1.54) is 23.9 Å². The first-order chi connectivity index (χ1) is 7.16. The van der Waals surface area contributed by atoms with Gasteiger partial charge in [-0.1, -0.05) is 6.07 Å². The summed E-state index contributed by atoms with van der Waals surface area (Å²) < 4.78 is 0. The van der Waals surface area contributed by atoms with Gasteiger partial charge in [-0.2, -0.15) is 0 Å². The molecule has 1 amide bonds. The molecule has 0 radical (unpaired) electrons. The first-order valence-electron chi connectivity index (χ1n) is 4.45. The van der Waals surface area contributed by atoms with Gasteiger partial charge in [-0.05, 0) is 17.7 Å². The standard InChI is InChI=1S/C10H9NO3S/c12-9-3-4-15-8-2-1-6(10(13)14)5-7(8)11-9/h1-2,5H,3-4H2,(H,11,12)(H,13,14)/p-1. The van der Waals surface area contributed by atoms with Gasteiger partial charge in [-0.15, -0.1) is 11.8 Å². The lowest BCUT2D eigenvalue weighted by atomic mass is 10.2. The summed E-state index contributed by atoms with van der Waals surface area (Å²) in [7, 11) is 0. The van der Waals surface area contributed by atoms with E-state index in [1.807, 2.05) is 0 Å². The number of hydrogen-bond donors (Lipinski definition) is 1. The third-order valence-electron chi connectivity index (χ3n) is 2.08. The van der Waals surface area contributed by atoms with Crippen LogP contribution in [0.5, 0.6) is 0 Å². The summed E-state index contributed by atoms with van der Waals surface area (Å²) in [6, 6.07) is 4.61. The van der Waals surface area contributed by atoms with Gasteiger partial charge in [0.1, 0.15) is 0 Å². The predicted molar refractivity (Wildman–Crippen MR) is 54.7 cm³/mol. The highest BCUT2D eigenvalue weighted by Crippen LogP contribution is 2.31. The van der Waals surface area contributed by atoms with Gasteiger partial charge < -0.3 is 15.2 Å². The van der Waals surface area contributed by atoms with Crippen molar-refractivity contribution in [1.29, 1.82) is 0 Å². The lowest BCUT2D eigenvalue weighted by Crippen LogP contribution is -2.22. The summed E-state index contributed by atoms with van der Waals surface area (Å²) in [6.07, 6.45) is 0.444. The highest BCUT2D eigenvalue weighted by atomic mass is 32.2. The molecule has 0 saturated heterocycles. The molecule has 1 aliphatic rings. The summed E-state index contributed by atoms with van der Waals surface area (Å²) in [6.45, 7) is 0. The molecule has 0 spiro atoms. The molecule has 0 atom stereocenters. The molecule has 0 aromatic heterocycles. The van der Waals surface area contributed by atoms with Crippen LogP contribution in [0.4, 0.5) is 5.69 Å². The fourth-order valence-corrected chi connectivity index (χ4v) is 2.28. The number of carboxylic acids is 1. The molecule has 4 nitrogen and oxygen atoms in total. The Morgan fingerprint density at radius 1 is 1.47 bits per heavy atom. The number of benzene rings is 1. The van der Waals surface area contributed by atoms with Crippen LogP contribution in [0, 0.1) is 0 Å². The van der Waals surface area contributed by atoms with Crippen molar-refractivity contribution in [1.82, 2.24) is 0 Å². The minimum Gasteiger partial charge on any atom is -0.545 e. The second-order valence-corrected chi connectivity index (χ2v) is 4.28. The van der Waals surface area contributed by atoms with Crippen LogP contribution in [-0.2, 0) is 4.79 Å². The third kappa shape index (κ3) is 2.12. The van der Waals surface area contributed by atoms with Crippen molar-refractivity contribution in [3.05, 3.63) is 23.8 Å². The van der Waals surface area contributed by atoms with Crippen molar-refractivity contribution in [2.75, 3.05) is 11.1 Å². The Hall–Kier alpha value is -1.49. The topological polar surface area (TPSA) is 69.2 Å². The zero-order valence-electron chi connectivity index (χ0n) is 7.78.